The Kier molecular flexibility index (Phi) is 9.49. The van der Waals surface area contributed by atoms with Crippen molar-refractivity contribution in [3.63, 3.8) is 0 Å². The summed E-state index contributed by atoms with van der Waals surface area (Å²) in [6.07, 6.45) is 1.43. The molecule has 10 heteroatoms. The van der Waals surface area contributed by atoms with Gasteiger partial charge in [-0.15, -0.1) is 0 Å². The largest absolute Gasteiger partial charge is 0.484 e. The number of anilines is 2. The average molecular weight is 571 g/mol. The summed E-state index contributed by atoms with van der Waals surface area (Å²) in [5, 5.41) is 6.72. The Hall–Kier alpha value is -4.96. The molecule has 2 amide bonds. The van der Waals surface area contributed by atoms with Gasteiger partial charge < -0.3 is 10.1 Å². The standard InChI is InChI=1S/C31H30N4O5S/c1-23-12-18-28(19-13-23)41(38,39)35(29-11-7-6-8-24(29)2)21-30(36)34-32-20-25-14-16-27(17-15-25)40-22-31(37)33-26-9-4-3-5-10-26/h3-20H,21-22H2,1-2H3,(H,33,37)(H,34,36)/b32-20-. The van der Waals surface area contributed by atoms with Gasteiger partial charge in [0.25, 0.3) is 21.8 Å². The van der Waals surface area contributed by atoms with Gasteiger partial charge >= 0.3 is 0 Å². The predicted octanol–water partition coefficient (Wildman–Crippen LogP) is 4.67. The van der Waals surface area contributed by atoms with E-state index in [1.54, 1.807) is 79.7 Å². The first-order chi connectivity index (χ1) is 19.7. The van der Waals surface area contributed by atoms with Crippen molar-refractivity contribution >= 4 is 39.4 Å². The molecule has 0 atom stereocenters. The molecule has 2 N–H and O–H groups in total. The summed E-state index contributed by atoms with van der Waals surface area (Å²) in [4.78, 5) is 25.0. The molecule has 0 fully saturated rings. The van der Waals surface area contributed by atoms with Gasteiger partial charge in [-0.05, 0) is 79.6 Å². The fraction of sp³-hybridized carbons (Fsp3) is 0.129. The zero-order valence-corrected chi connectivity index (χ0v) is 23.5. The van der Waals surface area contributed by atoms with Crippen LogP contribution in [-0.4, -0.2) is 39.6 Å². The van der Waals surface area contributed by atoms with E-state index in [-0.39, 0.29) is 17.4 Å². The van der Waals surface area contributed by atoms with Crippen LogP contribution in [0.5, 0.6) is 5.75 Å². The molecular formula is C31H30N4O5S. The van der Waals surface area contributed by atoms with Crippen molar-refractivity contribution in [2.24, 2.45) is 5.10 Å². The Bertz CT molecular complexity index is 1620. The summed E-state index contributed by atoms with van der Waals surface area (Å²) in [6.45, 7) is 3.04. The van der Waals surface area contributed by atoms with Crippen molar-refractivity contribution in [3.8, 4) is 5.75 Å². The van der Waals surface area contributed by atoms with Gasteiger partial charge in [-0.1, -0.05) is 54.1 Å². The van der Waals surface area contributed by atoms with Crippen LogP contribution in [-0.2, 0) is 19.6 Å². The Labute approximate surface area is 239 Å². The predicted molar refractivity (Wildman–Crippen MR) is 160 cm³/mol. The molecule has 0 unspecified atom stereocenters. The van der Waals surface area contributed by atoms with Crippen LogP contribution in [0, 0.1) is 13.8 Å². The Balaban J connectivity index is 1.36. The first-order valence-electron chi connectivity index (χ1n) is 12.8. The lowest BCUT2D eigenvalue weighted by Crippen LogP contribution is -2.40. The smallest absolute Gasteiger partial charge is 0.264 e. The molecule has 210 valence electrons. The van der Waals surface area contributed by atoms with Gasteiger partial charge in [-0.2, -0.15) is 5.10 Å². The van der Waals surface area contributed by atoms with E-state index >= 15 is 0 Å². The number of rotatable bonds is 11. The number of nitrogens with zero attached hydrogens (tertiary/aromatic N) is 2. The number of ether oxygens (including phenoxy) is 1. The average Bonchev–Trinajstić information content (AvgIpc) is 2.97. The zero-order valence-electron chi connectivity index (χ0n) is 22.7. The molecule has 0 bridgehead atoms. The minimum atomic E-state index is -4.02. The van der Waals surface area contributed by atoms with Crippen LogP contribution in [0.4, 0.5) is 11.4 Å². The van der Waals surface area contributed by atoms with E-state index in [1.165, 1.54) is 18.3 Å². The van der Waals surface area contributed by atoms with Gasteiger partial charge in [0.1, 0.15) is 12.3 Å². The highest BCUT2D eigenvalue weighted by Gasteiger charge is 2.28. The molecule has 0 aliphatic carbocycles. The SMILES string of the molecule is Cc1ccc(S(=O)(=O)N(CC(=O)N/N=C\c2ccc(OCC(=O)Nc3ccccc3)cc2)c2ccccc2C)cc1. The van der Waals surface area contributed by atoms with Crippen LogP contribution >= 0.6 is 0 Å². The van der Waals surface area contributed by atoms with Crippen molar-refractivity contribution in [2.75, 3.05) is 22.8 Å². The Morgan fingerprint density at radius 2 is 1.49 bits per heavy atom. The summed E-state index contributed by atoms with van der Waals surface area (Å²) in [7, 11) is -4.02. The zero-order chi connectivity index (χ0) is 29.2. The Morgan fingerprint density at radius 1 is 0.829 bits per heavy atom. The lowest BCUT2D eigenvalue weighted by Gasteiger charge is -2.25. The maximum Gasteiger partial charge on any atom is 0.264 e. The Morgan fingerprint density at radius 3 is 2.17 bits per heavy atom. The van der Waals surface area contributed by atoms with Crippen molar-refractivity contribution in [2.45, 2.75) is 18.7 Å². The number of hydrazone groups is 1. The summed E-state index contributed by atoms with van der Waals surface area (Å²) >= 11 is 0. The minimum absolute atomic E-state index is 0.0857. The second kappa shape index (κ2) is 13.4. The number of nitrogens with one attached hydrogen (secondary N) is 2. The molecule has 0 heterocycles. The van der Waals surface area contributed by atoms with E-state index in [1.807, 2.05) is 25.1 Å². The topological polar surface area (TPSA) is 117 Å². The summed E-state index contributed by atoms with van der Waals surface area (Å²) in [6, 6.07) is 29.3. The third-order valence-electron chi connectivity index (χ3n) is 5.99. The van der Waals surface area contributed by atoms with Crippen LogP contribution in [0.3, 0.4) is 0 Å². The molecule has 4 aromatic rings. The highest BCUT2D eigenvalue weighted by molar-refractivity contribution is 7.92. The highest BCUT2D eigenvalue weighted by atomic mass is 32.2. The number of amides is 2. The summed E-state index contributed by atoms with van der Waals surface area (Å²) in [5.41, 5.74) is 5.78. The van der Waals surface area contributed by atoms with Crippen molar-refractivity contribution in [1.82, 2.24) is 5.43 Å². The third-order valence-corrected chi connectivity index (χ3v) is 7.76. The summed E-state index contributed by atoms with van der Waals surface area (Å²) in [5.74, 6) is -0.400. The molecule has 0 aliphatic heterocycles. The van der Waals surface area contributed by atoms with Gasteiger partial charge in [-0.3, -0.25) is 13.9 Å². The van der Waals surface area contributed by atoms with Gasteiger partial charge in [0.15, 0.2) is 6.61 Å². The number of carbonyl (C=O) groups excluding carboxylic acids is 2. The van der Waals surface area contributed by atoms with E-state index < -0.39 is 22.5 Å². The first kappa shape index (κ1) is 29.0. The van der Waals surface area contributed by atoms with Crippen LogP contribution < -0.4 is 19.8 Å². The monoisotopic (exact) mass is 570 g/mol. The first-order valence-corrected chi connectivity index (χ1v) is 14.2. The molecule has 0 aromatic heterocycles. The van der Waals surface area contributed by atoms with Crippen molar-refractivity contribution in [3.05, 3.63) is 120 Å². The van der Waals surface area contributed by atoms with E-state index in [4.69, 9.17) is 4.74 Å². The van der Waals surface area contributed by atoms with Gasteiger partial charge in [0.05, 0.1) is 16.8 Å². The second-order valence-corrected chi connectivity index (χ2v) is 11.0. The highest BCUT2D eigenvalue weighted by Crippen LogP contribution is 2.26. The van der Waals surface area contributed by atoms with E-state index in [9.17, 15) is 18.0 Å². The van der Waals surface area contributed by atoms with Gasteiger partial charge in [0.2, 0.25) is 0 Å². The van der Waals surface area contributed by atoms with Crippen LogP contribution in [0.15, 0.2) is 113 Å². The lowest BCUT2D eigenvalue weighted by atomic mass is 10.2. The van der Waals surface area contributed by atoms with E-state index in [0.29, 0.717) is 28.3 Å². The van der Waals surface area contributed by atoms with E-state index in [2.05, 4.69) is 15.8 Å². The number of para-hydroxylation sites is 2. The number of aryl methyl sites for hydroxylation is 2. The maximum atomic E-state index is 13.5. The lowest BCUT2D eigenvalue weighted by molar-refractivity contribution is -0.119. The number of benzene rings is 4. The van der Waals surface area contributed by atoms with Gasteiger partial charge in [-0.25, -0.2) is 13.8 Å². The number of hydrogen-bond acceptors (Lipinski definition) is 6. The quantitative estimate of drug-likeness (QED) is 0.201. The van der Waals surface area contributed by atoms with Crippen molar-refractivity contribution in [1.29, 1.82) is 0 Å². The van der Waals surface area contributed by atoms with Crippen LogP contribution in [0.25, 0.3) is 0 Å². The number of carbonyl (C=O) groups is 2. The third kappa shape index (κ3) is 8.02. The molecule has 9 nitrogen and oxygen atoms in total. The molecule has 41 heavy (non-hydrogen) atoms. The van der Waals surface area contributed by atoms with E-state index in [0.717, 1.165) is 9.87 Å². The van der Waals surface area contributed by atoms with Gasteiger partial charge in [0, 0.05) is 5.69 Å². The number of hydrogen-bond donors (Lipinski definition) is 2. The van der Waals surface area contributed by atoms with Crippen LogP contribution in [0.2, 0.25) is 0 Å². The minimum Gasteiger partial charge on any atom is -0.484 e. The molecule has 0 spiro atoms. The molecule has 0 saturated heterocycles. The summed E-state index contributed by atoms with van der Waals surface area (Å²) < 4.78 is 33.6. The van der Waals surface area contributed by atoms with Crippen LogP contribution in [0.1, 0.15) is 16.7 Å². The fourth-order valence-corrected chi connectivity index (χ4v) is 5.33. The molecule has 4 rings (SSSR count). The molecular weight excluding hydrogens is 540 g/mol. The normalized spacial score (nSPS) is 11.2. The maximum absolute atomic E-state index is 13.5. The molecule has 0 saturated carbocycles. The number of sulfonamides is 1. The molecule has 0 aliphatic rings. The fourth-order valence-electron chi connectivity index (χ4n) is 3.84. The molecule has 0 radical (unpaired) electrons. The second-order valence-electron chi connectivity index (χ2n) is 9.18. The molecule has 4 aromatic carbocycles. The van der Waals surface area contributed by atoms with Crippen molar-refractivity contribution < 1.29 is 22.7 Å².